The van der Waals surface area contributed by atoms with Crippen molar-refractivity contribution in [2.24, 2.45) is 11.8 Å². The van der Waals surface area contributed by atoms with Gasteiger partial charge in [0.05, 0.1) is 29.4 Å². The summed E-state index contributed by atoms with van der Waals surface area (Å²) in [5.41, 5.74) is 5.12. The fourth-order valence-corrected chi connectivity index (χ4v) is 4.72. The van der Waals surface area contributed by atoms with Gasteiger partial charge in [-0.3, -0.25) is 4.79 Å². The van der Waals surface area contributed by atoms with Gasteiger partial charge in [-0.2, -0.15) is 0 Å². The highest BCUT2D eigenvalue weighted by atomic mass is 79.9. The highest BCUT2D eigenvalue weighted by Gasteiger charge is 2.67. The van der Waals surface area contributed by atoms with Gasteiger partial charge < -0.3 is 30.7 Å². The number of aliphatic hydroxyl groups excluding tert-OH is 1. The van der Waals surface area contributed by atoms with Gasteiger partial charge in [-0.15, -0.1) is 0 Å². The van der Waals surface area contributed by atoms with Crippen LogP contribution in [0.1, 0.15) is 17.3 Å². The number of hydrogen-bond acceptors (Lipinski definition) is 7. The first kappa shape index (κ1) is 17.3. The molecular formula is C17H17BrN2O6. The summed E-state index contributed by atoms with van der Waals surface area (Å²) in [4.78, 5) is 24.8. The summed E-state index contributed by atoms with van der Waals surface area (Å²) in [6.07, 6.45) is -1.15. The van der Waals surface area contributed by atoms with E-state index in [9.17, 15) is 19.8 Å². The van der Waals surface area contributed by atoms with Crippen molar-refractivity contribution in [1.29, 1.82) is 0 Å². The molecule has 0 bridgehead atoms. The van der Waals surface area contributed by atoms with Crippen LogP contribution in [0.15, 0.2) is 34.5 Å². The largest absolute Gasteiger partial charge is 0.472 e. The fourth-order valence-electron chi connectivity index (χ4n) is 4.16. The maximum absolute atomic E-state index is 12.6. The third-order valence-corrected chi connectivity index (χ3v) is 6.01. The lowest BCUT2D eigenvalue weighted by atomic mass is 9.81. The zero-order valence-corrected chi connectivity index (χ0v) is 15.3. The van der Waals surface area contributed by atoms with E-state index in [4.69, 9.17) is 15.2 Å². The number of esters is 1. The molecule has 1 saturated carbocycles. The van der Waals surface area contributed by atoms with Crippen LogP contribution in [-0.2, 0) is 14.3 Å². The minimum atomic E-state index is -1.60. The SMILES string of the molecule is C[C@]1(O)[C@@H](OC(=O)c2ccc(N)cc2Br)[C@H]2NC(=O)C3=COC(O)[C@H]1[C@@H]32. The van der Waals surface area contributed by atoms with E-state index in [1.165, 1.54) is 19.3 Å². The van der Waals surface area contributed by atoms with Gasteiger partial charge in [-0.1, -0.05) is 0 Å². The Morgan fingerprint density at radius 1 is 1.46 bits per heavy atom. The Morgan fingerprint density at radius 3 is 2.88 bits per heavy atom. The normalized spacial score (nSPS) is 37.5. The monoisotopic (exact) mass is 424 g/mol. The molecule has 5 N–H and O–H groups in total. The fraction of sp³-hybridized carbons (Fsp3) is 0.412. The Kier molecular flexibility index (Phi) is 3.80. The van der Waals surface area contributed by atoms with E-state index in [0.717, 1.165) is 0 Å². The number of halogens is 1. The van der Waals surface area contributed by atoms with Crippen LogP contribution in [0.25, 0.3) is 0 Å². The van der Waals surface area contributed by atoms with Crippen LogP contribution in [0.3, 0.4) is 0 Å². The van der Waals surface area contributed by atoms with Gasteiger partial charge in [-0.25, -0.2) is 4.79 Å². The van der Waals surface area contributed by atoms with Crippen molar-refractivity contribution < 1.29 is 29.3 Å². The first-order chi connectivity index (χ1) is 12.2. The summed E-state index contributed by atoms with van der Waals surface area (Å²) in [7, 11) is 0. The van der Waals surface area contributed by atoms with Gasteiger partial charge >= 0.3 is 5.97 Å². The van der Waals surface area contributed by atoms with Crippen molar-refractivity contribution in [2.75, 3.05) is 5.73 Å². The molecule has 1 unspecified atom stereocenters. The first-order valence-corrected chi connectivity index (χ1v) is 8.84. The van der Waals surface area contributed by atoms with E-state index < -0.39 is 41.8 Å². The Hall–Kier alpha value is -2.10. The number of nitrogens with two attached hydrogens (primary N) is 1. The lowest BCUT2D eigenvalue weighted by Gasteiger charge is -2.36. The van der Waals surface area contributed by atoms with Gasteiger partial charge in [-0.05, 0) is 41.1 Å². The minimum Gasteiger partial charge on any atom is -0.472 e. The lowest BCUT2D eigenvalue weighted by Crippen LogP contribution is -2.52. The standard InChI is InChI=1S/C17H17BrN2O6/c1-17(24)11-10-8(5-25-16(11)23)14(21)20-12(10)13(17)26-15(22)7-3-2-6(19)4-9(7)18/h2-5,10-13,16,23-24H,19H2,1H3,(H,20,21)/t10-,11-,12+,13+,16?,17-/m1/s1. The molecule has 1 aromatic carbocycles. The van der Waals surface area contributed by atoms with Gasteiger partial charge in [0, 0.05) is 16.1 Å². The van der Waals surface area contributed by atoms with Crippen LogP contribution in [0, 0.1) is 11.8 Å². The number of carbonyl (C=O) groups is 2. The van der Waals surface area contributed by atoms with Crippen molar-refractivity contribution >= 4 is 33.5 Å². The van der Waals surface area contributed by atoms with Gasteiger partial charge in [0.2, 0.25) is 6.29 Å². The zero-order chi connectivity index (χ0) is 18.8. The number of carbonyl (C=O) groups excluding carboxylic acids is 2. The molecule has 1 aromatic rings. The molecular weight excluding hydrogens is 408 g/mol. The number of benzene rings is 1. The summed E-state index contributed by atoms with van der Waals surface area (Å²) in [6.45, 7) is 1.47. The molecule has 1 amide bonds. The van der Waals surface area contributed by atoms with Crippen molar-refractivity contribution in [2.45, 2.75) is 31.0 Å². The molecule has 0 aromatic heterocycles. The van der Waals surface area contributed by atoms with Crippen LogP contribution in [0.5, 0.6) is 0 Å². The third kappa shape index (κ3) is 2.34. The summed E-state index contributed by atoms with van der Waals surface area (Å²) in [5, 5.41) is 23.9. The lowest BCUT2D eigenvalue weighted by molar-refractivity contribution is -0.178. The summed E-state index contributed by atoms with van der Waals surface area (Å²) in [5.74, 6) is -2.35. The first-order valence-electron chi connectivity index (χ1n) is 8.04. The second-order valence-electron chi connectivity index (χ2n) is 6.94. The van der Waals surface area contributed by atoms with E-state index in [1.807, 2.05) is 0 Å². The summed E-state index contributed by atoms with van der Waals surface area (Å²) < 4.78 is 11.1. The highest BCUT2D eigenvalue weighted by molar-refractivity contribution is 9.10. The van der Waals surface area contributed by atoms with Crippen LogP contribution in [0.2, 0.25) is 0 Å². The smallest absolute Gasteiger partial charge is 0.339 e. The van der Waals surface area contributed by atoms with Gasteiger partial charge in [0.1, 0.15) is 5.60 Å². The molecule has 2 heterocycles. The molecule has 2 aliphatic heterocycles. The number of aliphatic hydroxyl groups is 2. The molecule has 1 aliphatic carbocycles. The molecule has 3 aliphatic rings. The Labute approximate surface area is 157 Å². The Bertz CT molecular complexity index is 839. The Balaban J connectivity index is 1.67. The van der Waals surface area contributed by atoms with E-state index in [-0.39, 0.29) is 11.5 Å². The van der Waals surface area contributed by atoms with E-state index in [1.54, 1.807) is 12.1 Å². The summed E-state index contributed by atoms with van der Waals surface area (Å²) in [6, 6.07) is 3.99. The molecule has 0 radical (unpaired) electrons. The van der Waals surface area contributed by atoms with Crippen LogP contribution in [-0.4, -0.2) is 46.1 Å². The van der Waals surface area contributed by atoms with Gasteiger partial charge in [0.25, 0.3) is 5.91 Å². The Morgan fingerprint density at radius 2 is 2.19 bits per heavy atom. The molecule has 4 rings (SSSR count). The highest BCUT2D eigenvalue weighted by Crippen LogP contribution is 2.52. The number of rotatable bonds is 2. The molecule has 138 valence electrons. The van der Waals surface area contributed by atoms with Crippen LogP contribution in [0.4, 0.5) is 5.69 Å². The number of amides is 1. The van der Waals surface area contributed by atoms with Crippen molar-refractivity contribution in [1.82, 2.24) is 5.32 Å². The zero-order valence-electron chi connectivity index (χ0n) is 13.7. The van der Waals surface area contributed by atoms with E-state index in [0.29, 0.717) is 15.7 Å². The van der Waals surface area contributed by atoms with Crippen LogP contribution >= 0.6 is 15.9 Å². The summed E-state index contributed by atoms with van der Waals surface area (Å²) >= 11 is 3.26. The average Bonchev–Trinajstić information content (AvgIpc) is 2.98. The van der Waals surface area contributed by atoms with E-state index in [2.05, 4.69) is 21.2 Å². The maximum atomic E-state index is 12.6. The maximum Gasteiger partial charge on any atom is 0.339 e. The minimum absolute atomic E-state index is 0.238. The number of ether oxygens (including phenoxy) is 2. The number of nitrogen functional groups attached to an aromatic ring is 1. The van der Waals surface area contributed by atoms with E-state index >= 15 is 0 Å². The molecule has 6 atom stereocenters. The quantitative estimate of drug-likeness (QED) is 0.396. The van der Waals surface area contributed by atoms with Crippen molar-refractivity contribution in [3.63, 3.8) is 0 Å². The van der Waals surface area contributed by atoms with Crippen molar-refractivity contribution in [3.05, 3.63) is 40.1 Å². The second-order valence-corrected chi connectivity index (χ2v) is 7.80. The number of nitrogens with one attached hydrogen (secondary N) is 1. The predicted molar refractivity (Wildman–Crippen MR) is 92.5 cm³/mol. The average molecular weight is 425 g/mol. The number of hydrogen-bond donors (Lipinski definition) is 4. The topological polar surface area (TPSA) is 131 Å². The molecule has 0 spiro atoms. The molecule has 26 heavy (non-hydrogen) atoms. The third-order valence-electron chi connectivity index (χ3n) is 5.36. The van der Waals surface area contributed by atoms with Crippen LogP contribution < -0.4 is 11.1 Å². The molecule has 1 saturated heterocycles. The second kappa shape index (κ2) is 5.70. The van der Waals surface area contributed by atoms with Crippen molar-refractivity contribution in [3.8, 4) is 0 Å². The molecule has 8 nitrogen and oxygen atoms in total. The number of anilines is 1. The molecule has 2 fully saturated rings. The molecule has 9 heteroatoms. The predicted octanol–water partition coefficient (Wildman–Crippen LogP) is 0.285. The van der Waals surface area contributed by atoms with Gasteiger partial charge in [0.15, 0.2) is 6.10 Å².